The summed E-state index contributed by atoms with van der Waals surface area (Å²) in [6.45, 7) is 4.60. The van der Waals surface area contributed by atoms with Gasteiger partial charge in [0.1, 0.15) is 0 Å². The normalized spacial score (nSPS) is 26.2. The van der Waals surface area contributed by atoms with E-state index >= 15 is 0 Å². The maximum absolute atomic E-state index is 5.59. The molecule has 1 N–H and O–H groups in total. The van der Waals surface area contributed by atoms with Crippen LogP contribution < -0.4 is 5.32 Å². The van der Waals surface area contributed by atoms with Gasteiger partial charge in [0.05, 0.1) is 13.2 Å². The molecule has 1 aliphatic carbocycles. The summed E-state index contributed by atoms with van der Waals surface area (Å²) in [7, 11) is 3.81. The molecule has 0 aromatic heterocycles. The monoisotopic (exact) mass is 257 g/mol. The molecule has 0 amide bonds. The Morgan fingerprint density at radius 2 is 2.06 bits per heavy atom. The van der Waals surface area contributed by atoms with Crippen molar-refractivity contribution < 1.29 is 9.47 Å². The molecule has 3 unspecified atom stereocenters. The average Bonchev–Trinajstić information content (AvgIpc) is 2.43. The number of hydrogen-bond donors (Lipinski definition) is 1. The minimum atomic E-state index is 0.627. The molecule has 3 heteroatoms. The van der Waals surface area contributed by atoms with Gasteiger partial charge in [0.15, 0.2) is 0 Å². The highest BCUT2D eigenvalue weighted by atomic mass is 16.5. The first-order valence-corrected chi connectivity index (χ1v) is 7.55. The Labute approximate surface area is 113 Å². The summed E-state index contributed by atoms with van der Waals surface area (Å²) in [6.07, 6.45) is 8.11. The predicted molar refractivity (Wildman–Crippen MR) is 75.9 cm³/mol. The second-order valence-corrected chi connectivity index (χ2v) is 5.49. The number of rotatable bonds is 9. The van der Waals surface area contributed by atoms with Crippen LogP contribution in [0.3, 0.4) is 0 Å². The summed E-state index contributed by atoms with van der Waals surface area (Å²) >= 11 is 0. The molecule has 0 aromatic rings. The molecule has 1 fully saturated rings. The van der Waals surface area contributed by atoms with Gasteiger partial charge in [0.25, 0.3) is 0 Å². The van der Waals surface area contributed by atoms with Gasteiger partial charge in [-0.15, -0.1) is 0 Å². The van der Waals surface area contributed by atoms with Crippen LogP contribution in [0, 0.1) is 11.8 Å². The summed E-state index contributed by atoms with van der Waals surface area (Å²) in [4.78, 5) is 0. The Balaban J connectivity index is 2.22. The predicted octanol–water partition coefficient (Wildman–Crippen LogP) is 2.84. The maximum atomic E-state index is 5.59. The standard InChI is InChI=1S/C15H31NO2/c1-4-13-6-5-7-14(12-13)15(16-2)8-9-18-11-10-17-3/h13-16H,4-12H2,1-3H3. The highest BCUT2D eigenvalue weighted by Crippen LogP contribution is 2.33. The van der Waals surface area contributed by atoms with E-state index in [-0.39, 0.29) is 0 Å². The lowest BCUT2D eigenvalue weighted by Crippen LogP contribution is -2.37. The lowest BCUT2D eigenvalue weighted by atomic mass is 9.76. The average molecular weight is 257 g/mol. The third kappa shape index (κ3) is 5.68. The van der Waals surface area contributed by atoms with Crippen LogP contribution in [0.25, 0.3) is 0 Å². The van der Waals surface area contributed by atoms with Crippen molar-refractivity contribution >= 4 is 0 Å². The number of methoxy groups -OCH3 is 1. The summed E-state index contributed by atoms with van der Waals surface area (Å²) in [5.74, 6) is 1.80. The lowest BCUT2D eigenvalue weighted by Gasteiger charge is -2.34. The van der Waals surface area contributed by atoms with E-state index in [1.165, 1.54) is 32.1 Å². The van der Waals surface area contributed by atoms with Gasteiger partial charge in [-0.05, 0) is 38.1 Å². The van der Waals surface area contributed by atoms with Gasteiger partial charge in [-0.2, -0.15) is 0 Å². The topological polar surface area (TPSA) is 30.5 Å². The SMILES string of the molecule is CCC1CCCC(C(CCOCCOC)NC)C1. The third-order valence-corrected chi connectivity index (χ3v) is 4.35. The molecule has 0 radical (unpaired) electrons. The molecular weight excluding hydrogens is 226 g/mol. The molecule has 0 heterocycles. The second-order valence-electron chi connectivity index (χ2n) is 5.49. The summed E-state index contributed by atoms with van der Waals surface area (Å²) in [6, 6.07) is 0.627. The van der Waals surface area contributed by atoms with E-state index in [2.05, 4.69) is 19.3 Å². The molecule has 0 bridgehead atoms. The van der Waals surface area contributed by atoms with Gasteiger partial charge in [-0.1, -0.05) is 26.2 Å². The van der Waals surface area contributed by atoms with Gasteiger partial charge in [0, 0.05) is 19.8 Å². The van der Waals surface area contributed by atoms with Crippen LogP contribution >= 0.6 is 0 Å². The fourth-order valence-corrected chi connectivity index (χ4v) is 3.14. The van der Waals surface area contributed by atoms with E-state index in [9.17, 15) is 0 Å². The summed E-state index contributed by atoms with van der Waals surface area (Å²) in [5, 5.41) is 3.50. The smallest absolute Gasteiger partial charge is 0.0700 e. The van der Waals surface area contributed by atoms with Crippen molar-refractivity contribution in [1.29, 1.82) is 0 Å². The first-order valence-electron chi connectivity index (χ1n) is 7.55. The van der Waals surface area contributed by atoms with E-state index in [1.54, 1.807) is 7.11 Å². The molecule has 1 saturated carbocycles. The molecule has 108 valence electrons. The van der Waals surface area contributed by atoms with E-state index < -0.39 is 0 Å². The molecule has 1 rings (SSSR count). The Hall–Kier alpha value is -0.120. The second kappa shape index (κ2) is 9.76. The van der Waals surface area contributed by atoms with E-state index in [0.717, 1.165) is 31.5 Å². The zero-order valence-electron chi connectivity index (χ0n) is 12.4. The maximum Gasteiger partial charge on any atom is 0.0700 e. The van der Waals surface area contributed by atoms with Crippen LogP contribution in [0.4, 0.5) is 0 Å². The summed E-state index contributed by atoms with van der Waals surface area (Å²) in [5.41, 5.74) is 0. The van der Waals surface area contributed by atoms with Crippen molar-refractivity contribution in [1.82, 2.24) is 5.32 Å². The highest BCUT2D eigenvalue weighted by molar-refractivity contribution is 4.81. The van der Waals surface area contributed by atoms with Crippen molar-refractivity contribution in [2.45, 2.75) is 51.5 Å². The van der Waals surface area contributed by atoms with E-state index in [4.69, 9.17) is 9.47 Å². The minimum Gasteiger partial charge on any atom is -0.382 e. The van der Waals surface area contributed by atoms with Crippen LogP contribution in [0.15, 0.2) is 0 Å². The highest BCUT2D eigenvalue weighted by Gasteiger charge is 2.26. The largest absolute Gasteiger partial charge is 0.382 e. The molecule has 0 saturated heterocycles. The van der Waals surface area contributed by atoms with Gasteiger partial charge in [-0.25, -0.2) is 0 Å². The Morgan fingerprint density at radius 1 is 1.22 bits per heavy atom. The van der Waals surface area contributed by atoms with Gasteiger partial charge in [0.2, 0.25) is 0 Å². The Kier molecular flexibility index (Phi) is 8.64. The molecule has 18 heavy (non-hydrogen) atoms. The number of hydrogen-bond acceptors (Lipinski definition) is 3. The van der Waals surface area contributed by atoms with Crippen LogP contribution in [0.1, 0.15) is 45.4 Å². The van der Waals surface area contributed by atoms with Gasteiger partial charge < -0.3 is 14.8 Å². The molecule has 0 spiro atoms. The van der Waals surface area contributed by atoms with Crippen molar-refractivity contribution in [3.63, 3.8) is 0 Å². The quantitative estimate of drug-likeness (QED) is 0.644. The first kappa shape index (κ1) is 15.9. The Bertz CT molecular complexity index is 199. The zero-order chi connectivity index (χ0) is 13.2. The first-order chi connectivity index (χ1) is 8.81. The summed E-state index contributed by atoms with van der Waals surface area (Å²) < 4.78 is 10.6. The van der Waals surface area contributed by atoms with Crippen LogP contribution in [0.5, 0.6) is 0 Å². The van der Waals surface area contributed by atoms with Crippen LogP contribution in [0.2, 0.25) is 0 Å². The number of ether oxygens (including phenoxy) is 2. The minimum absolute atomic E-state index is 0.627. The van der Waals surface area contributed by atoms with E-state index in [1.807, 2.05) is 0 Å². The fraction of sp³-hybridized carbons (Fsp3) is 1.00. The van der Waals surface area contributed by atoms with Crippen LogP contribution in [-0.2, 0) is 9.47 Å². The fourth-order valence-electron chi connectivity index (χ4n) is 3.14. The molecule has 0 aliphatic heterocycles. The van der Waals surface area contributed by atoms with Crippen molar-refractivity contribution in [3.8, 4) is 0 Å². The van der Waals surface area contributed by atoms with Crippen molar-refractivity contribution in [2.75, 3.05) is 34.0 Å². The van der Waals surface area contributed by atoms with Gasteiger partial charge >= 0.3 is 0 Å². The van der Waals surface area contributed by atoms with Crippen molar-refractivity contribution in [3.05, 3.63) is 0 Å². The molecule has 3 nitrogen and oxygen atoms in total. The molecular formula is C15H31NO2. The molecule has 3 atom stereocenters. The molecule has 0 aromatic carbocycles. The van der Waals surface area contributed by atoms with Gasteiger partial charge in [-0.3, -0.25) is 0 Å². The lowest BCUT2D eigenvalue weighted by molar-refractivity contribution is 0.0606. The number of nitrogens with one attached hydrogen (secondary N) is 1. The Morgan fingerprint density at radius 3 is 2.72 bits per heavy atom. The van der Waals surface area contributed by atoms with E-state index in [0.29, 0.717) is 12.6 Å². The third-order valence-electron chi connectivity index (χ3n) is 4.35. The van der Waals surface area contributed by atoms with Crippen LogP contribution in [-0.4, -0.2) is 40.0 Å². The van der Waals surface area contributed by atoms with Crippen molar-refractivity contribution in [2.24, 2.45) is 11.8 Å². The molecule has 1 aliphatic rings. The zero-order valence-corrected chi connectivity index (χ0v) is 12.4.